The molecular weight excluding hydrogens is 270 g/mol. The largest absolute Gasteiger partial charge is 0.481 e. The molecule has 1 aromatic carbocycles. The van der Waals surface area contributed by atoms with Crippen LogP contribution in [-0.2, 0) is 4.79 Å². The van der Waals surface area contributed by atoms with Gasteiger partial charge in [-0.3, -0.25) is 4.79 Å². The van der Waals surface area contributed by atoms with E-state index in [0.717, 1.165) is 31.6 Å². The second-order valence-electron chi connectivity index (χ2n) is 5.04. The Kier molecular flexibility index (Phi) is 3.81. The van der Waals surface area contributed by atoms with Gasteiger partial charge in [-0.2, -0.15) is 0 Å². The molecule has 1 aliphatic heterocycles. The van der Waals surface area contributed by atoms with Crippen LogP contribution in [0.15, 0.2) is 30.6 Å². The van der Waals surface area contributed by atoms with Crippen molar-refractivity contribution in [3.63, 3.8) is 0 Å². The van der Waals surface area contributed by atoms with Crippen LogP contribution in [0, 0.1) is 0 Å². The fourth-order valence-electron chi connectivity index (χ4n) is 2.41. The van der Waals surface area contributed by atoms with Gasteiger partial charge in [0.2, 0.25) is 0 Å². The average Bonchev–Trinajstić information content (AvgIpc) is 3.20. The third kappa shape index (κ3) is 3.01. The Morgan fingerprint density at radius 1 is 1.24 bits per heavy atom. The van der Waals surface area contributed by atoms with Crippen LogP contribution in [0.5, 0.6) is 5.75 Å². The van der Waals surface area contributed by atoms with Crippen LogP contribution in [0.25, 0.3) is 5.69 Å². The molecule has 2 heterocycles. The number of aromatic nitrogens is 4. The Bertz CT molecular complexity index is 590. The molecule has 0 saturated carbocycles. The van der Waals surface area contributed by atoms with Crippen molar-refractivity contribution in [2.45, 2.75) is 25.9 Å². The minimum atomic E-state index is -0.470. The molecule has 110 valence electrons. The predicted molar refractivity (Wildman–Crippen MR) is 75.1 cm³/mol. The van der Waals surface area contributed by atoms with Gasteiger partial charge in [-0.15, -0.1) is 5.10 Å². The van der Waals surface area contributed by atoms with Gasteiger partial charge in [-0.25, -0.2) is 4.68 Å². The summed E-state index contributed by atoms with van der Waals surface area (Å²) < 4.78 is 7.27. The number of amides is 1. The molecule has 0 spiro atoms. The Morgan fingerprint density at radius 3 is 2.57 bits per heavy atom. The van der Waals surface area contributed by atoms with Crippen molar-refractivity contribution in [2.75, 3.05) is 13.1 Å². The molecule has 1 unspecified atom stereocenters. The number of hydrogen-bond donors (Lipinski definition) is 0. The molecule has 1 amide bonds. The highest BCUT2D eigenvalue weighted by Gasteiger charge is 2.24. The highest BCUT2D eigenvalue weighted by molar-refractivity contribution is 5.81. The van der Waals surface area contributed by atoms with Gasteiger partial charge < -0.3 is 9.64 Å². The average molecular weight is 287 g/mol. The molecule has 7 heteroatoms. The van der Waals surface area contributed by atoms with E-state index in [4.69, 9.17) is 4.74 Å². The van der Waals surface area contributed by atoms with Crippen LogP contribution in [0.4, 0.5) is 0 Å². The number of rotatable bonds is 4. The highest BCUT2D eigenvalue weighted by atomic mass is 16.5. The molecule has 3 rings (SSSR count). The van der Waals surface area contributed by atoms with E-state index in [-0.39, 0.29) is 5.91 Å². The van der Waals surface area contributed by atoms with Crippen molar-refractivity contribution < 1.29 is 9.53 Å². The van der Waals surface area contributed by atoms with Crippen LogP contribution in [0.2, 0.25) is 0 Å². The Morgan fingerprint density at radius 2 is 1.95 bits per heavy atom. The first-order valence-corrected chi connectivity index (χ1v) is 7.03. The first-order chi connectivity index (χ1) is 10.2. The maximum atomic E-state index is 12.2. The van der Waals surface area contributed by atoms with Crippen LogP contribution in [-0.4, -0.2) is 50.2 Å². The maximum Gasteiger partial charge on any atom is 0.263 e. The third-order valence-electron chi connectivity index (χ3n) is 3.53. The minimum Gasteiger partial charge on any atom is -0.481 e. The van der Waals surface area contributed by atoms with Gasteiger partial charge >= 0.3 is 0 Å². The lowest BCUT2D eigenvalue weighted by molar-refractivity contribution is -0.136. The van der Waals surface area contributed by atoms with Crippen LogP contribution in [0.3, 0.4) is 0 Å². The molecule has 1 atom stereocenters. The zero-order valence-electron chi connectivity index (χ0n) is 11.8. The lowest BCUT2D eigenvalue weighted by Gasteiger charge is -2.21. The van der Waals surface area contributed by atoms with Gasteiger partial charge in [0.25, 0.3) is 5.91 Å². The molecule has 0 radical (unpaired) electrons. The number of carbonyl (C=O) groups is 1. The fraction of sp³-hybridized carbons (Fsp3) is 0.429. The van der Waals surface area contributed by atoms with Crippen molar-refractivity contribution in [3.05, 3.63) is 30.6 Å². The van der Waals surface area contributed by atoms with E-state index in [9.17, 15) is 4.79 Å². The minimum absolute atomic E-state index is 0.0528. The second kappa shape index (κ2) is 5.90. The first kappa shape index (κ1) is 13.5. The van der Waals surface area contributed by atoms with Crippen molar-refractivity contribution in [1.82, 2.24) is 25.1 Å². The summed E-state index contributed by atoms with van der Waals surface area (Å²) in [5.74, 6) is 0.712. The SMILES string of the molecule is CC(Oc1ccc(-n2cnnn2)cc1)C(=O)N1CCCC1. The van der Waals surface area contributed by atoms with Crippen molar-refractivity contribution >= 4 is 5.91 Å². The molecule has 0 bridgehead atoms. The number of hydrogen-bond acceptors (Lipinski definition) is 5. The van der Waals surface area contributed by atoms with E-state index in [1.807, 2.05) is 29.2 Å². The van der Waals surface area contributed by atoms with E-state index in [2.05, 4.69) is 15.5 Å². The molecule has 2 aromatic rings. The standard InChI is InChI=1S/C14H17N5O2/c1-11(14(20)18-8-2-3-9-18)21-13-6-4-12(5-7-13)19-10-15-16-17-19/h4-7,10-11H,2-3,8-9H2,1H3. The number of carbonyl (C=O) groups excluding carboxylic acids is 1. The normalized spacial score (nSPS) is 16.0. The Hall–Kier alpha value is -2.44. The molecule has 0 N–H and O–H groups in total. The van der Waals surface area contributed by atoms with Gasteiger partial charge in [0.1, 0.15) is 12.1 Å². The lowest BCUT2D eigenvalue weighted by atomic mass is 10.3. The number of tetrazole rings is 1. The fourth-order valence-corrected chi connectivity index (χ4v) is 2.41. The number of benzene rings is 1. The molecule has 1 aromatic heterocycles. The molecule has 1 saturated heterocycles. The van der Waals surface area contributed by atoms with E-state index >= 15 is 0 Å². The summed E-state index contributed by atoms with van der Waals surface area (Å²) in [6.07, 6.45) is 3.22. The smallest absolute Gasteiger partial charge is 0.263 e. The zero-order valence-corrected chi connectivity index (χ0v) is 11.8. The summed E-state index contributed by atoms with van der Waals surface area (Å²) in [4.78, 5) is 14.0. The van der Waals surface area contributed by atoms with E-state index in [1.54, 1.807) is 11.6 Å². The Labute approximate surface area is 122 Å². The summed E-state index contributed by atoms with van der Waals surface area (Å²) in [5.41, 5.74) is 0.839. The van der Waals surface area contributed by atoms with Gasteiger partial charge in [-0.05, 0) is 54.5 Å². The molecule has 7 nitrogen and oxygen atoms in total. The van der Waals surface area contributed by atoms with Gasteiger partial charge in [-0.1, -0.05) is 0 Å². The number of nitrogens with zero attached hydrogens (tertiary/aromatic N) is 5. The number of ether oxygens (including phenoxy) is 1. The zero-order chi connectivity index (χ0) is 14.7. The summed E-state index contributed by atoms with van der Waals surface area (Å²) in [5, 5.41) is 11.0. The molecule has 1 fully saturated rings. The quantitative estimate of drug-likeness (QED) is 0.840. The van der Waals surface area contributed by atoms with Crippen LogP contribution in [0.1, 0.15) is 19.8 Å². The number of likely N-dealkylation sites (tertiary alicyclic amines) is 1. The van der Waals surface area contributed by atoms with E-state index < -0.39 is 6.10 Å². The molecular formula is C14H17N5O2. The van der Waals surface area contributed by atoms with Gasteiger partial charge in [0.15, 0.2) is 6.10 Å². The van der Waals surface area contributed by atoms with E-state index in [1.165, 1.54) is 6.33 Å². The first-order valence-electron chi connectivity index (χ1n) is 7.03. The van der Waals surface area contributed by atoms with Crippen LogP contribution >= 0.6 is 0 Å². The maximum absolute atomic E-state index is 12.2. The summed E-state index contributed by atoms with van der Waals surface area (Å²) in [6.45, 7) is 3.46. The predicted octanol–water partition coefficient (Wildman–Crippen LogP) is 1.05. The van der Waals surface area contributed by atoms with Gasteiger partial charge in [0, 0.05) is 13.1 Å². The van der Waals surface area contributed by atoms with Crippen molar-refractivity contribution in [1.29, 1.82) is 0 Å². The third-order valence-corrected chi connectivity index (χ3v) is 3.53. The van der Waals surface area contributed by atoms with Gasteiger partial charge in [0.05, 0.1) is 5.69 Å². The lowest BCUT2D eigenvalue weighted by Crippen LogP contribution is -2.38. The second-order valence-corrected chi connectivity index (χ2v) is 5.04. The van der Waals surface area contributed by atoms with Crippen molar-refractivity contribution in [2.24, 2.45) is 0 Å². The summed E-state index contributed by atoms with van der Waals surface area (Å²) >= 11 is 0. The summed E-state index contributed by atoms with van der Waals surface area (Å²) in [6, 6.07) is 7.31. The highest BCUT2D eigenvalue weighted by Crippen LogP contribution is 2.17. The topological polar surface area (TPSA) is 73.1 Å². The van der Waals surface area contributed by atoms with Crippen molar-refractivity contribution in [3.8, 4) is 11.4 Å². The molecule has 21 heavy (non-hydrogen) atoms. The Balaban J connectivity index is 1.63. The summed E-state index contributed by atoms with van der Waals surface area (Å²) in [7, 11) is 0. The molecule has 0 aliphatic carbocycles. The van der Waals surface area contributed by atoms with E-state index in [0.29, 0.717) is 5.75 Å². The molecule has 1 aliphatic rings. The monoisotopic (exact) mass is 287 g/mol. The van der Waals surface area contributed by atoms with Crippen LogP contribution < -0.4 is 4.74 Å².